The molecule has 0 unspecified atom stereocenters. The zero-order valence-electron chi connectivity index (χ0n) is 35.3. The van der Waals surface area contributed by atoms with E-state index < -0.39 is 34.4 Å². The fourth-order valence-electron chi connectivity index (χ4n) is 7.71. The molecule has 1 amide bonds. The highest BCUT2D eigenvalue weighted by molar-refractivity contribution is 7.89. The number of carbonyl (C=O) groups excluding carboxylic acids is 1. The van der Waals surface area contributed by atoms with E-state index in [2.05, 4.69) is 14.9 Å². The molecule has 0 spiro atoms. The monoisotopic (exact) mass is 853 g/mol. The van der Waals surface area contributed by atoms with Crippen LogP contribution in [-0.4, -0.2) is 61.2 Å². The van der Waals surface area contributed by atoms with Crippen molar-refractivity contribution in [2.24, 2.45) is 0 Å². The van der Waals surface area contributed by atoms with E-state index in [9.17, 15) is 23.4 Å². The van der Waals surface area contributed by atoms with Crippen molar-refractivity contribution in [1.82, 2.24) is 14.9 Å². The van der Waals surface area contributed by atoms with E-state index in [0.29, 0.717) is 13.0 Å². The number of amides is 1. The molecule has 6 aromatic rings. The van der Waals surface area contributed by atoms with Crippen LogP contribution in [0.25, 0.3) is 11.1 Å². The van der Waals surface area contributed by atoms with Gasteiger partial charge in [-0.15, -0.1) is 0 Å². The Hall–Kier alpha value is -5.50. The Balaban J connectivity index is 1.04. The molecule has 0 aromatic heterocycles. The summed E-state index contributed by atoms with van der Waals surface area (Å²) in [6, 6.07) is 48.1. The van der Waals surface area contributed by atoms with Gasteiger partial charge in [0.25, 0.3) is 0 Å². The number of aryl methyl sites for hydroxylation is 1. The average molecular weight is 854 g/mol. The van der Waals surface area contributed by atoms with Gasteiger partial charge in [-0.25, -0.2) is 8.42 Å². The van der Waals surface area contributed by atoms with Crippen molar-refractivity contribution in [3.8, 4) is 11.1 Å². The van der Waals surface area contributed by atoms with Gasteiger partial charge in [0.05, 0.1) is 29.8 Å². The fourth-order valence-corrected chi connectivity index (χ4v) is 8.90. The SMILES string of the molecule is Cc1ccc(S(=O)(=O)N[C@H](Cc2ccccc2)C(=O)NCc2cccc(-c3ccc([C@H]4O[C@@H](CN(C)[C@@H](C)[C@H](O)c5ccccc5)C[C@@H](c5ccc(CO)cc5)O4)cc3)c2)cc1. The lowest BCUT2D eigenvalue weighted by Crippen LogP contribution is -2.47. The smallest absolute Gasteiger partial charge is 0.241 e. The number of aliphatic hydroxyl groups excluding tert-OH is 2. The van der Waals surface area contributed by atoms with Crippen molar-refractivity contribution >= 4 is 15.9 Å². The van der Waals surface area contributed by atoms with Crippen molar-refractivity contribution in [1.29, 1.82) is 0 Å². The van der Waals surface area contributed by atoms with Gasteiger partial charge in [-0.2, -0.15) is 4.72 Å². The van der Waals surface area contributed by atoms with Gasteiger partial charge in [0.2, 0.25) is 15.9 Å². The number of ether oxygens (including phenoxy) is 2. The summed E-state index contributed by atoms with van der Waals surface area (Å²) in [6.45, 7) is 4.63. The minimum absolute atomic E-state index is 0.0371. The second-order valence-corrected chi connectivity index (χ2v) is 17.8. The van der Waals surface area contributed by atoms with E-state index in [1.54, 1.807) is 12.1 Å². The highest BCUT2D eigenvalue weighted by atomic mass is 32.2. The van der Waals surface area contributed by atoms with Crippen LogP contribution in [0.3, 0.4) is 0 Å². The Kier molecular flexibility index (Phi) is 14.8. The van der Waals surface area contributed by atoms with E-state index in [1.165, 1.54) is 12.1 Å². The average Bonchev–Trinajstić information content (AvgIpc) is 3.30. The summed E-state index contributed by atoms with van der Waals surface area (Å²) in [4.78, 5) is 15.9. The number of carbonyl (C=O) groups is 1. The number of hydrogen-bond acceptors (Lipinski definition) is 8. The van der Waals surface area contributed by atoms with Gasteiger partial charge in [0.15, 0.2) is 6.29 Å². The van der Waals surface area contributed by atoms with E-state index in [4.69, 9.17) is 9.47 Å². The molecule has 7 rings (SSSR count). The third kappa shape index (κ3) is 11.5. The number of nitrogens with zero attached hydrogens (tertiary/aromatic N) is 1. The van der Waals surface area contributed by atoms with Crippen LogP contribution < -0.4 is 10.0 Å². The van der Waals surface area contributed by atoms with Crippen molar-refractivity contribution in [3.05, 3.63) is 197 Å². The van der Waals surface area contributed by atoms with Crippen LogP contribution in [0.4, 0.5) is 0 Å². The lowest BCUT2D eigenvalue weighted by Gasteiger charge is -2.39. The normalized spacial score (nSPS) is 18.2. The third-order valence-electron chi connectivity index (χ3n) is 11.5. The minimum Gasteiger partial charge on any atom is -0.392 e. The molecule has 1 heterocycles. The van der Waals surface area contributed by atoms with Gasteiger partial charge in [-0.1, -0.05) is 145 Å². The maximum atomic E-state index is 13.7. The number of rotatable bonds is 17. The number of nitrogens with one attached hydrogen (secondary N) is 2. The van der Waals surface area contributed by atoms with Gasteiger partial charge in [0.1, 0.15) is 6.04 Å². The summed E-state index contributed by atoms with van der Waals surface area (Å²) in [5.41, 5.74) is 8.07. The minimum atomic E-state index is -3.97. The predicted octanol–water partition coefficient (Wildman–Crippen LogP) is 7.96. The molecule has 1 aliphatic heterocycles. The van der Waals surface area contributed by atoms with E-state index in [0.717, 1.165) is 50.1 Å². The topological polar surface area (TPSA) is 137 Å². The van der Waals surface area contributed by atoms with Crippen LogP contribution in [0.15, 0.2) is 163 Å². The highest BCUT2D eigenvalue weighted by Crippen LogP contribution is 2.39. The highest BCUT2D eigenvalue weighted by Gasteiger charge is 2.34. The predicted molar refractivity (Wildman–Crippen MR) is 241 cm³/mol. The summed E-state index contributed by atoms with van der Waals surface area (Å²) >= 11 is 0. The molecule has 322 valence electrons. The second-order valence-electron chi connectivity index (χ2n) is 16.1. The lowest BCUT2D eigenvalue weighted by atomic mass is 9.98. The van der Waals surface area contributed by atoms with Crippen LogP contribution in [0, 0.1) is 6.92 Å². The second kappa shape index (κ2) is 20.6. The summed E-state index contributed by atoms with van der Waals surface area (Å²) < 4.78 is 42.7. The first kappa shape index (κ1) is 44.6. The number of sulfonamides is 1. The molecule has 1 fully saturated rings. The molecular weight excluding hydrogens is 799 g/mol. The van der Waals surface area contributed by atoms with Crippen molar-refractivity contribution in [2.45, 2.75) is 81.4 Å². The van der Waals surface area contributed by atoms with Gasteiger partial charge in [0, 0.05) is 31.1 Å². The van der Waals surface area contributed by atoms with Crippen molar-refractivity contribution < 1.29 is 32.9 Å². The first-order chi connectivity index (χ1) is 29.9. The van der Waals surface area contributed by atoms with Crippen LogP contribution in [0.5, 0.6) is 0 Å². The summed E-state index contributed by atoms with van der Waals surface area (Å²) in [5.74, 6) is -0.430. The summed E-state index contributed by atoms with van der Waals surface area (Å²) in [5, 5.41) is 23.8. The maximum Gasteiger partial charge on any atom is 0.241 e. The molecule has 0 saturated carbocycles. The summed E-state index contributed by atoms with van der Waals surface area (Å²) in [7, 11) is -1.97. The Morgan fingerprint density at radius 2 is 1.40 bits per heavy atom. The van der Waals surface area contributed by atoms with Crippen LogP contribution in [0.1, 0.15) is 70.8 Å². The Labute approximate surface area is 365 Å². The molecule has 10 nitrogen and oxygen atoms in total. The van der Waals surface area contributed by atoms with Crippen LogP contribution in [-0.2, 0) is 43.9 Å². The quantitative estimate of drug-likeness (QED) is 0.0726. The molecule has 6 atom stereocenters. The Bertz CT molecular complexity index is 2470. The molecular formula is C51H55N3O7S. The van der Waals surface area contributed by atoms with Gasteiger partial charge in [-0.3, -0.25) is 9.69 Å². The van der Waals surface area contributed by atoms with Crippen molar-refractivity contribution in [3.63, 3.8) is 0 Å². The molecule has 0 bridgehead atoms. The van der Waals surface area contributed by atoms with Gasteiger partial charge < -0.3 is 25.0 Å². The zero-order valence-corrected chi connectivity index (χ0v) is 36.1. The van der Waals surface area contributed by atoms with E-state index in [-0.39, 0.29) is 42.7 Å². The van der Waals surface area contributed by atoms with Gasteiger partial charge in [-0.05, 0) is 84.5 Å². The number of benzene rings is 6. The van der Waals surface area contributed by atoms with Crippen LogP contribution >= 0.6 is 0 Å². The fraction of sp³-hybridized carbons (Fsp3) is 0.275. The third-order valence-corrected chi connectivity index (χ3v) is 13.0. The largest absolute Gasteiger partial charge is 0.392 e. The molecule has 1 aliphatic rings. The standard InChI is InChI=1S/C51H55N3O7S/c1-35-17-27-46(28-18-35)62(58,59)53-47(30-37-11-6-4-7-12-37)50(57)52-32-39-13-10-16-44(29-39)40-23-25-43(26-24-40)51-60-45(31-48(61-51)41-21-19-38(34-55)20-22-41)33-54(3)36(2)49(56)42-14-8-5-9-15-42/h4-29,36,45,47-49,51,53,55-56H,30-34H2,1-3H3,(H,52,57)/t36-,45+,47+,48-,49-,51-/m0/s1. The zero-order chi connectivity index (χ0) is 43.6. The van der Waals surface area contributed by atoms with Gasteiger partial charge >= 0.3 is 0 Å². The van der Waals surface area contributed by atoms with E-state index in [1.807, 2.05) is 154 Å². The Morgan fingerprint density at radius 1 is 0.758 bits per heavy atom. The summed E-state index contributed by atoms with van der Waals surface area (Å²) in [6.07, 6.45) is -0.983. The van der Waals surface area contributed by atoms with E-state index >= 15 is 0 Å². The van der Waals surface area contributed by atoms with Crippen molar-refractivity contribution in [2.75, 3.05) is 13.6 Å². The van der Waals surface area contributed by atoms with Crippen LogP contribution in [0.2, 0.25) is 0 Å². The molecule has 4 N–H and O–H groups in total. The number of hydrogen-bond donors (Lipinski definition) is 4. The lowest BCUT2D eigenvalue weighted by molar-refractivity contribution is -0.253. The molecule has 1 saturated heterocycles. The molecule has 62 heavy (non-hydrogen) atoms. The maximum absolute atomic E-state index is 13.7. The first-order valence-corrected chi connectivity index (χ1v) is 22.5. The molecule has 0 radical (unpaired) electrons. The number of aliphatic hydroxyl groups is 2. The molecule has 0 aliphatic carbocycles. The molecule has 11 heteroatoms. The Morgan fingerprint density at radius 3 is 2.08 bits per heavy atom. The number of likely N-dealkylation sites (N-methyl/N-ethyl adjacent to an activating group) is 1. The first-order valence-electron chi connectivity index (χ1n) is 21.0. The molecule has 6 aromatic carbocycles.